The Kier molecular flexibility index (Phi) is 3.80. The molecule has 0 saturated heterocycles. The van der Waals surface area contributed by atoms with Crippen molar-refractivity contribution < 1.29 is 14.4 Å². The largest absolute Gasteiger partial charge is 0.490 e. The first kappa shape index (κ1) is 14.8. The maximum Gasteiger partial charge on any atom is 0.354 e. The number of methoxy groups -OCH3 is 2. The molecule has 1 aromatic heterocycles. The van der Waals surface area contributed by atoms with Gasteiger partial charge in [-0.05, 0) is 12.1 Å². The van der Waals surface area contributed by atoms with Gasteiger partial charge in [0.05, 0.1) is 24.8 Å². The number of nitro groups is 1. The molecule has 0 spiro atoms. The second-order valence-electron chi connectivity index (χ2n) is 4.85. The Bertz CT molecular complexity index is 879. The Labute approximate surface area is 132 Å². The van der Waals surface area contributed by atoms with Crippen molar-refractivity contribution >= 4 is 16.6 Å². The van der Waals surface area contributed by atoms with Gasteiger partial charge < -0.3 is 9.47 Å². The fraction of sp³-hybridized carbons (Fsp3) is 0.118. The molecule has 2 aromatic carbocycles. The normalized spacial score (nSPS) is 10.5. The molecule has 6 nitrogen and oxygen atoms in total. The van der Waals surface area contributed by atoms with Crippen LogP contribution in [0.15, 0.2) is 48.5 Å². The predicted octanol–water partition coefficient (Wildman–Crippen LogP) is 3.83. The van der Waals surface area contributed by atoms with E-state index in [-0.39, 0.29) is 17.2 Å². The van der Waals surface area contributed by atoms with E-state index in [0.29, 0.717) is 10.9 Å². The van der Waals surface area contributed by atoms with E-state index in [0.717, 1.165) is 11.3 Å². The zero-order chi connectivity index (χ0) is 16.4. The van der Waals surface area contributed by atoms with E-state index >= 15 is 0 Å². The molecule has 0 bridgehead atoms. The summed E-state index contributed by atoms with van der Waals surface area (Å²) in [6, 6.07) is 14.9. The second-order valence-corrected chi connectivity index (χ2v) is 4.85. The Morgan fingerprint density at radius 3 is 2.39 bits per heavy atom. The van der Waals surface area contributed by atoms with Crippen molar-refractivity contribution in [1.29, 1.82) is 0 Å². The summed E-state index contributed by atoms with van der Waals surface area (Å²) in [4.78, 5) is 15.4. The van der Waals surface area contributed by atoms with Crippen molar-refractivity contribution in [2.45, 2.75) is 0 Å². The van der Waals surface area contributed by atoms with Gasteiger partial charge in [-0.15, -0.1) is 0 Å². The summed E-state index contributed by atoms with van der Waals surface area (Å²) < 4.78 is 10.4. The molecule has 3 rings (SSSR count). The van der Waals surface area contributed by atoms with Gasteiger partial charge in [0.2, 0.25) is 11.5 Å². The van der Waals surface area contributed by atoms with Crippen LogP contribution in [0, 0.1) is 10.1 Å². The van der Waals surface area contributed by atoms with Crippen LogP contribution in [0.2, 0.25) is 0 Å². The molecular formula is C17H14N2O4. The number of nitro benzene ring substituents is 1. The first-order valence-corrected chi connectivity index (χ1v) is 6.91. The Balaban J connectivity index is 2.31. The smallest absolute Gasteiger partial charge is 0.354 e. The van der Waals surface area contributed by atoms with Gasteiger partial charge in [0.1, 0.15) is 5.52 Å². The highest BCUT2D eigenvalue weighted by atomic mass is 16.6. The van der Waals surface area contributed by atoms with Gasteiger partial charge in [0.15, 0.2) is 0 Å². The monoisotopic (exact) mass is 310 g/mol. The summed E-state index contributed by atoms with van der Waals surface area (Å²) in [5, 5.41) is 12.1. The van der Waals surface area contributed by atoms with Gasteiger partial charge in [-0.3, -0.25) is 10.1 Å². The SMILES string of the molecule is COc1cc2ccc(-c3ccccc3)nc2c(OC)c1[N+](=O)[O-]. The lowest BCUT2D eigenvalue weighted by Crippen LogP contribution is -2.00. The standard InChI is InChI=1S/C17H14N2O4/c1-22-14-10-12-8-9-13(11-6-4-3-5-7-11)18-15(12)17(23-2)16(14)19(20)21/h3-10H,1-2H3. The quantitative estimate of drug-likeness (QED) is 0.541. The maximum absolute atomic E-state index is 11.4. The minimum absolute atomic E-state index is 0.0992. The van der Waals surface area contributed by atoms with Crippen LogP contribution in [0.1, 0.15) is 0 Å². The van der Waals surface area contributed by atoms with Crippen molar-refractivity contribution in [3.63, 3.8) is 0 Å². The fourth-order valence-electron chi connectivity index (χ4n) is 2.49. The molecule has 0 unspecified atom stereocenters. The van der Waals surface area contributed by atoms with Gasteiger partial charge in [-0.25, -0.2) is 4.98 Å². The number of benzene rings is 2. The predicted molar refractivity (Wildman–Crippen MR) is 86.9 cm³/mol. The molecule has 23 heavy (non-hydrogen) atoms. The zero-order valence-electron chi connectivity index (χ0n) is 12.6. The van der Waals surface area contributed by atoms with Crippen LogP contribution in [0.3, 0.4) is 0 Å². The minimum atomic E-state index is -0.520. The van der Waals surface area contributed by atoms with E-state index < -0.39 is 4.92 Å². The Morgan fingerprint density at radius 1 is 1.04 bits per heavy atom. The molecule has 0 fully saturated rings. The number of ether oxygens (including phenoxy) is 2. The van der Waals surface area contributed by atoms with Gasteiger partial charge >= 0.3 is 5.69 Å². The zero-order valence-corrected chi connectivity index (χ0v) is 12.6. The Morgan fingerprint density at radius 2 is 1.78 bits per heavy atom. The van der Waals surface area contributed by atoms with Gasteiger partial charge in [0.25, 0.3) is 0 Å². The van der Waals surface area contributed by atoms with Crippen LogP contribution in [-0.2, 0) is 0 Å². The summed E-state index contributed by atoms with van der Waals surface area (Å²) >= 11 is 0. The van der Waals surface area contributed by atoms with E-state index in [1.54, 1.807) is 6.07 Å². The molecule has 116 valence electrons. The molecule has 0 atom stereocenters. The Hall–Kier alpha value is -3.15. The van der Waals surface area contributed by atoms with Crippen LogP contribution in [-0.4, -0.2) is 24.1 Å². The summed E-state index contributed by atoms with van der Waals surface area (Å²) in [5.74, 6) is 0.246. The highest BCUT2D eigenvalue weighted by Gasteiger charge is 2.26. The topological polar surface area (TPSA) is 74.5 Å². The van der Waals surface area contributed by atoms with Crippen molar-refractivity contribution in [1.82, 2.24) is 4.98 Å². The van der Waals surface area contributed by atoms with Gasteiger partial charge in [-0.2, -0.15) is 0 Å². The fourth-order valence-corrected chi connectivity index (χ4v) is 2.49. The number of rotatable bonds is 4. The van der Waals surface area contributed by atoms with Crippen molar-refractivity contribution in [2.24, 2.45) is 0 Å². The first-order chi connectivity index (χ1) is 11.2. The molecule has 0 radical (unpaired) electrons. The van der Waals surface area contributed by atoms with Crippen LogP contribution >= 0.6 is 0 Å². The highest BCUT2D eigenvalue weighted by Crippen LogP contribution is 2.42. The molecule has 3 aromatic rings. The number of nitrogens with zero attached hydrogens (tertiary/aromatic N) is 2. The van der Waals surface area contributed by atoms with Crippen molar-refractivity contribution in [3.05, 3.63) is 58.6 Å². The number of aromatic nitrogens is 1. The second kappa shape index (κ2) is 5.92. The lowest BCUT2D eigenvalue weighted by atomic mass is 10.1. The molecule has 0 aliphatic carbocycles. The third-order valence-corrected chi connectivity index (χ3v) is 3.55. The number of hydrogen-bond acceptors (Lipinski definition) is 5. The maximum atomic E-state index is 11.4. The molecule has 1 heterocycles. The average Bonchev–Trinajstić information content (AvgIpc) is 2.60. The molecule has 0 N–H and O–H groups in total. The van der Waals surface area contributed by atoms with Crippen molar-refractivity contribution in [2.75, 3.05) is 14.2 Å². The third kappa shape index (κ3) is 2.55. The van der Waals surface area contributed by atoms with Crippen LogP contribution in [0.5, 0.6) is 11.5 Å². The van der Waals surface area contributed by atoms with E-state index in [1.807, 2.05) is 42.5 Å². The van der Waals surface area contributed by atoms with E-state index in [2.05, 4.69) is 4.98 Å². The molecule has 0 aliphatic heterocycles. The summed E-state index contributed by atoms with van der Waals surface area (Å²) in [5.41, 5.74) is 1.85. The number of fused-ring (bicyclic) bond motifs is 1. The van der Waals surface area contributed by atoms with Crippen LogP contribution < -0.4 is 9.47 Å². The first-order valence-electron chi connectivity index (χ1n) is 6.91. The lowest BCUT2D eigenvalue weighted by Gasteiger charge is -2.10. The molecule has 6 heteroatoms. The number of hydrogen-bond donors (Lipinski definition) is 0. The highest BCUT2D eigenvalue weighted by molar-refractivity contribution is 5.93. The minimum Gasteiger partial charge on any atom is -0.490 e. The summed E-state index contributed by atoms with van der Waals surface area (Å²) in [6.45, 7) is 0. The number of pyridine rings is 1. The van der Waals surface area contributed by atoms with Gasteiger partial charge in [-0.1, -0.05) is 36.4 Å². The van der Waals surface area contributed by atoms with Crippen LogP contribution in [0.25, 0.3) is 22.2 Å². The molecule has 0 amide bonds. The van der Waals surface area contributed by atoms with Crippen molar-refractivity contribution in [3.8, 4) is 22.8 Å². The summed E-state index contributed by atoms with van der Waals surface area (Å²) in [6.07, 6.45) is 0. The van der Waals surface area contributed by atoms with Gasteiger partial charge in [0, 0.05) is 10.9 Å². The molecule has 0 saturated carbocycles. The molecule has 0 aliphatic rings. The average molecular weight is 310 g/mol. The summed E-state index contributed by atoms with van der Waals surface area (Å²) in [7, 11) is 2.78. The van der Waals surface area contributed by atoms with E-state index in [1.165, 1.54) is 14.2 Å². The third-order valence-electron chi connectivity index (χ3n) is 3.55. The van der Waals surface area contributed by atoms with Crippen LogP contribution in [0.4, 0.5) is 5.69 Å². The molecular weight excluding hydrogens is 296 g/mol. The van der Waals surface area contributed by atoms with E-state index in [4.69, 9.17) is 9.47 Å². The lowest BCUT2D eigenvalue weighted by molar-refractivity contribution is -0.386. The van der Waals surface area contributed by atoms with E-state index in [9.17, 15) is 10.1 Å².